The maximum absolute atomic E-state index is 14.1. The Morgan fingerprint density at radius 2 is 1.63 bits per heavy atom. The SMILES string of the molecule is FC(F)(F)C1=CC(c2ccccc2)=C[C-](Br)C1=C=c1c(Br)cc(=C2C=CC=C[CH+]2)cc1C(F)(F)F. The number of alkyl halides is 6. The van der Waals surface area contributed by atoms with Gasteiger partial charge in [-0.3, -0.25) is 0 Å². The van der Waals surface area contributed by atoms with E-state index < -0.39 is 34.3 Å². The van der Waals surface area contributed by atoms with Gasteiger partial charge >= 0.3 is 12.4 Å². The van der Waals surface area contributed by atoms with Gasteiger partial charge in [-0.15, -0.1) is 28.1 Å². The number of benzene rings is 2. The van der Waals surface area contributed by atoms with E-state index in [0.717, 1.165) is 12.1 Å². The molecule has 0 saturated carbocycles. The van der Waals surface area contributed by atoms with Gasteiger partial charge in [-0.25, -0.2) is 5.73 Å². The van der Waals surface area contributed by atoms with Crippen molar-refractivity contribution >= 4 is 48.7 Å². The molecule has 0 bridgehead atoms. The maximum atomic E-state index is 14.1. The second kappa shape index (κ2) is 9.69. The molecular formula is C27H14Br2F6. The van der Waals surface area contributed by atoms with Crippen molar-refractivity contribution in [1.29, 1.82) is 0 Å². The number of allylic oxidation sites excluding steroid dienone is 9. The third-order valence-electron chi connectivity index (χ3n) is 5.26. The lowest BCUT2D eigenvalue weighted by Crippen LogP contribution is -2.25. The molecule has 8 heteroatoms. The highest BCUT2D eigenvalue weighted by Gasteiger charge is 2.35. The molecule has 2 aromatic carbocycles. The van der Waals surface area contributed by atoms with Gasteiger partial charge in [0, 0.05) is 47.3 Å². The molecule has 0 atom stereocenters. The van der Waals surface area contributed by atoms with E-state index >= 15 is 0 Å². The lowest BCUT2D eigenvalue weighted by atomic mass is 9.90. The first kappa shape index (κ1) is 25.3. The van der Waals surface area contributed by atoms with E-state index in [2.05, 4.69) is 37.6 Å². The molecule has 0 radical (unpaired) electrons. The molecule has 0 aromatic heterocycles. The highest BCUT2D eigenvalue weighted by atomic mass is 79.9. The van der Waals surface area contributed by atoms with Crippen molar-refractivity contribution in [2.24, 2.45) is 0 Å². The highest BCUT2D eigenvalue weighted by molar-refractivity contribution is 9.11. The fourth-order valence-electron chi connectivity index (χ4n) is 3.63. The van der Waals surface area contributed by atoms with Gasteiger partial charge in [0.15, 0.2) is 0 Å². The summed E-state index contributed by atoms with van der Waals surface area (Å²) >= 11 is 6.27. The molecule has 4 rings (SSSR count). The van der Waals surface area contributed by atoms with Crippen molar-refractivity contribution in [3.8, 4) is 0 Å². The largest absolute Gasteiger partial charge is 0.417 e. The summed E-state index contributed by atoms with van der Waals surface area (Å²) in [5.41, 5.74) is 1.04. The summed E-state index contributed by atoms with van der Waals surface area (Å²) in [5.74, 6) is 0. The van der Waals surface area contributed by atoms with Gasteiger partial charge in [-0.1, -0.05) is 51.9 Å². The van der Waals surface area contributed by atoms with E-state index in [-0.39, 0.29) is 20.1 Å². The Kier molecular flexibility index (Phi) is 7.00. The molecule has 0 N–H and O–H groups in total. The molecule has 0 unspecified atom stereocenters. The fourth-order valence-corrected chi connectivity index (χ4v) is 4.75. The van der Waals surface area contributed by atoms with Gasteiger partial charge in [0.1, 0.15) is 5.57 Å². The van der Waals surface area contributed by atoms with Crippen LogP contribution in [0, 0.1) is 11.2 Å². The van der Waals surface area contributed by atoms with Crippen molar-refractivity contribution in [1.82, 2.24) is 0 Å². The molecule has 2 aliphatic carbocycles. The zero-order chi connectivity index (χ0) is 25.4. The Hall–Kier alpha value is -2.80. The van der Waals surface area contributed by atoms with Gasteiger partial charge in [-0.2, -0.15) is 26.3 Å². The summed E-state index contributed by atoms with van der Waals surface area (Å²) in [6.07, 6.45) is 1.09. The van der Waals surface area contributed by atoms with Crippen molar-refractivity contribution in [2.45, 2.75) is 12.4 Å². The quantitative estimate of drug-likeness (QED) is 0.228. The van der Waals surface area contributed by atoms with Crippen LogP contribution in [0.5, 0.6) is 0 Å². The molecule has 2 aromatic rings. The normalized spacial score (nSPS) is 17.6. The first-order valence-electron chi connectivity index (χ1n) is 10.1. The van der Waals surface area contributed by atoms with Gasteiger partial charge < -0.3 is 0 Å². The maximum Gasteiger partial charge on any atom is 0.417 e. The Morgan fingerprint density at radius 1 is 0.914 bits per heavy atom. The Bertz CT molecular complexity index is 1430. The van der Waals surface area contributed by atoms with Crippen molar-refractivity contribution in [3.63, 3.8) is 0 Å². The van der Waals surface area contributed by atoms with Crippen molar-refractivity contribution in [2.75, 3.05) is 0 Å². The van der Waals surface area contributed by atoms with Gasteiger partial charge in [0.2, 0.25) is 0 Å². The van der Waals surface area contributed by atoms with Crippen LogP contribution in [0.25, 0.3) is 16.9 Å². The molecule has 0 fully saturated rings. The lowest BCUT2D eigenvalue weighted by molar-refractivity contribution is -0.138. The van der Waals surface area contributed by atoms with Crippen molar-refractivity contribution < 1.29 is 26.3 Å². The summed E-state index contributed by atoms with van der Waals surface area (Å²) in [5, 5.41) is -0.249. The van der Waals surface area contributed by atoms with Crippen LogP contribution < -0.4 is 10.4 Å². The molecule has 2 aliphatic rings. The van der Waals surface area contributed by atoms with E-state index in [9.17, 15) is 26.3 Å². The van der Waals surface area contributed by atoms with Crippen LogP contribution in [0.2, 0.25) is 0 Å². The first-order valence-corrected chi connectivity index (χ1v) is 11.7. The number of hydrogen-bond acceptors (Lipinski definition) is 0. The average molecular weight is 612 g/mol. The van der Waals surface area contributed by atoms with Crippen LogP contribution in [0.1, 0.15) is 11.1 Å². The van der Waals surface area contributed by atoms with Gasteiger partial charge in [0.25, 0.3) is 0 Å². The predicted molar refractivity (Wildman–Crippen MR) is 132 cm³/mol. The molecule has 35 heavy (non-hydrogen) atoms. The summed E-state index contributed by atoms with van der Waals surface area (Å²) in [6.45, 7) is 0. The molecule has 0 aliphatic heterocycles. The molecule has 178 valence electrons. The smallest absolute Gasteiger partial charge is 0.224 e. The molecule has 0 saturated heterocycles. The Balaban J connectivity index is 2.03. The molecule has 0 spiro atoms. The van der Waals surface area contributed by atoms with E-state index in [1.807, 2.05) is 0 Å². The summed E-state index contributed by atoms with van der Waals surface area (Å²) in [7, 11) is 0. The Labute approximate surface area is 214 Å². The second-order valence-electron chi connectivity index (χ2n) is 7.61. The predicted octanol–water partition coefficient (Wildman–Crippen LogP) is 7.77. The highest BCUT2D eigenvalue weighted by Crippen LogP contribution is 2.44. The van der Waals surface area contributed by atoms with Crippen LogP contribution in [-0.4, -0.2) is 6.18 Å². The van der Waals surface area contributed by atoms with Gasteiger partial charge in [0.05, 0.1) is 10.8 Å². The molecule has 0 nitrogen and oxygen atoms in total. The summed E-state index contributed by atoms with van der Waals surface area (Å²) < 4.78 is 84.3. The van der Waals surface area contributed by atoms with Crippen LogP contribution in [0.4, 0.5) is 26.3 Å². The molecular weight excluding hydrogens is 598 g/mol. The van der Waals surface area contributed by atoms with E-state index in [0.29, 0.717) is 11.1 Å². The van der Waals surface area contributed by atoms with Crippen LogP contribution in [0.15, 0.2) is 94.5 Å². The van der Waals surface area contributed by atoms with E-state index in [1.165, 1.54) is 12.1 Å². The number of rotatable bonds is 1. The summed E-state index contributed by atoms with van der Waals surface area (Å²) in [4.78, 5) is -0.0293. The third kappa shape index (κ3) is 5.56. The monoisotopic (exact) mass is 610 g/mol. The van der Waals surface area contributed by atoms with Crippen LogP contribution in [-0.2, 0) is 6.18 Å². The zero-order valence-corrected chi connectivity index (χ0v) is 20.8. The molecule has 0 heterocycles. The van der Waals surface area contributed by atoms with Crippen molar-refractivity contribution in [3.05, 3.63) is 127 Å². The van der Waals surface area contributed by atoms with E-state index in [4.69, 9.17) is 0 Å². The number of hydrogen-bond donors (Lipinski definition) is 0. The minimum atomic E-state index is -4.83. The second-order valence-corrected chi connectivity index (χ2v) is 9.32. The van der Waals surface area contributed by atoms with Crippen LogP contribution in [0.3, 0.4) is 0 Å². The van der Waals surface area contributed by atoms with Gasteiger partial charge in [-0.05, 0) is 26.7 Å². The molecule has 0 amide bonds. The fraction of sp³-hybridized carbons (Fsp3) is 0.0741. The standard InChI is InChI=1S/C27H14Br2F6/c28-24-13-18(16-7-3-1-4-8-16)11-22(26(30,31)32)20(24)15-21-23(27(33,34)35)12-19(14-25(21)29)17-9-5-2-6-10-17/h1-14H. The lowest BCUT2D eigenvalue weighted by Gasteiger charge is -2.30. The van der Waals surface area contributed by atoms with E-state index in [1.54, 1.807) is 61.1 Å². The Morgan fingerprint density at radius 3 is 2.23 bits per heavy atom. The third-order valence-corrected chi connectivity index (χ3v) is 6.51. The topological polar surface area (TPSA) is 0 Å². The number of halogens is 8. The minimum Gasteiger partial charge on any atom is -0.224 e. The minimum absolute atomic E-state index is 0.0293. The average Bonchev–Trinajstić information content (AvgIpc) is 2.80. The summed E-state index contributed by atoms with van der Waals surface area (Å²) in [6, 6.07) is 10.8. The first-order chi connectivity index (χ1) is 16.4. The van der Waals surface area contributed by atoms with Crippen LogP contribution >= 0.6 is 31.9 Å². The zero-order valence-electron chi connectivity index (χ0n) is 17.6.